The van der Waals surface area contributed by atoms with E-state index >= 15 is 0 Å². The molecule has 126 valence electrons. The second-order valence-electron chi connectivity index (χ2n) is 5.78. The largest absolute Gasteiger partial charge is 0.383 e. The molecule has 2 heterocycles. The molecule has 2 fully saturated rings. The van der Waals surface area contributed by atoms with Gasteiger partial charge in [-0.25, -0.2) is 4.79 Å². The van der Waals surface area contributed by atoms with Crippen LogP contribution in [0.5, 0.6) is 0 Å². The molecular weight excluding hydrogens is 302 g/mol. The minimum absolute atomic E-state index is 0.0636. The molecule has 2 aliphatic rings. The first kappa shape index (κ1) is 15.7. The zero-order valence-corrected chi connectivity index (χ0v) is 13.1. The Kier molecular flexibility index (Phi) is 4.75. The van der Waals surface area contributed by atoms with Gasteiger partial charge in [0.15, 0.2) is 5.82 Å². The molecular formula is C14H21N5O4. The maximum atomic E-state index is 11.9. The Morgan fingerprint density at radius 1 is 1.43 bits per heavy atom. The van der Waals surface area contributed by atoms with Crippen LogP contribution < -0.4 is 10.6 Å². The van der Waals surface area contributed by atoms with Gasteiger partial charge in [0.25, 0.3) is 0 Å². The minimum atomic E-state index is -0.225. The molecule has 3 rings (SSSR count). The third-order valence-corrected chi connectivity index (χ3v) is 3.95. The average Bonchev–Trinajstić information content (AvgIpc) is 3.09. The number of nitrogens with zero attached hydrogens (tertiary/aromatic N) is 3. The Labute approximate surface area is 133 Å². The number of ether oxygens (including phenoxy) is 1. The van der Waals surface area contributed by atoms with Crippen molar-refractivity contribution in [2.45, 2.75) is 44.3 Å². The summed E-state index contributed by atoms with van der Waals surface area (Å²) in [6, 6.07) is -0.134. The SMILES string of the molecule is COCCN1C(=O)CC[C@H]1c1nc(CNC(=O)NC2CC2)no1. The number of likely N-dealkylation sites (tertiary alicyclic amines) is 1. The normalized spacial score (nSPS) is 20.8. The monoisotopic (exact) mass is 323 g/mol. The maximum Gasteiger partial charge on any atom is 0.315 e. The van der Waals surface area contributed by atoms with Gasteiger partial charge in [-0.05, 0) is 19.3 Å². The van der Waals surface area contributed by atoms with Gasteiger partial charge in [0.2, 0.25) is 11.8 Å². The molecule has 0 aromatic carbocycles. The second-order valence-corrected chi connectivity index (χ2v) is 5.78. The highest BCUT2D eigenvalue weighted by atomic mass is 16.5. The molecule has 3 amide bonds. The fraction of sp³-hybridized carbons (Fsp3) is 0.714. The predicted octanol–water partition coefficient (Wildman–Crippen LogP) is 0.341. The highest BCUT2D eigenvalue weighted by molar-refractivity contribution is 5.78. The van der Waals surface area contributed by atoms with Gasteiger partial charge in [-0.1, -0.05) is 5.16 Å². The fourth-order valence-electron chi connectivity index (χ4n) is 2.56. The van der Waals surface area contributed by atoms with Crippen LogP contribution in [0, 0.1) is 0 Å². The molecule has 2 N–H and O–H groups in total. The molecule has 1 aliphatic carbocycles. The zero-order valence-electron chi connectivity index (χ0n) is 13.1. The molecule has 1 aliphatic heterocycles. The number of methoxy groups -OCH3 is 1. The number of rotatable bonds is 7. The van der Waals surface area contributed by atoms with Crippen LogP contribution in [0.2, 0.25) is 0 Å². The van der Waals surface area contributed by atoms with Crippen molar-refractivity contribution >= 4 is 11.9 Å². The highest BCUT2D eigenvalue weighted by Crippen LogP contribution is 2.31. The van der Waals surface area contributed by atoms with Gasteiger partial charge in [0, 0.05) is 26.1 Å². The van der Waals surface area contributed by atoms with Crippen molar-refractivity contribution in [1.82, 2.24) is 25.7 Å². The molecule has 1 aromatic heterocycles. The lowest BCUT2D eigenvalue weighted by Crippen LogP contribution is -2.36. The van der Waals surface area contributed by atoms with Crippen molar-refractivity contribution in [2.24, 2.45) is 0 Å². The molecule has 0 bridgehead atoms. The first-order valence-corrected chi connectivity index (χ1v) is 7.82. The van der Waals surface area contributed by atoms with E-state index in [4.69, 9.17) is 9.26 Å². The Balaban J connectivity index is 1.54. The molecule has 0 radical (unpaired) electrons. The Bertz CT molecular complexity index is 571. The number of amides is 3. The van der Waals surface area contributed by atoms with E-state index < -0.39 is 0 Å². The summed E-state index contributed by atoms with van der Waals surface area (Å²) >= 11 is 0. The number of urea groups is 1. The van der Waals surface area contributed by atoms with Crippen molar-refractivity contribution in [3.63, 3.8) is 0 Å². The summed E-state index contributed by atoms with van der Waals surface area (Å²) in [6.07, 6.45) is 3.19. The summed E-state index contributed by atoms with van der Waals surface area (Å²) in [5.74, 6) is 0.872. The van der Waals surface area contributed by atoms with Crippen LogP contribution in [0.15, 0.2) is 4.52 Å². The van der Waals surface area contributed by atoms with Gasteiger partial charge in [0.1, 0.15) is 6.04 Å². The van der Waals surface area contributed by atoms with E-state index in [0.717, 1.165) is 12.8 Å². The quantitative estimate of drug-likeness (QED) is 0.749. The van der Waals surface area contributed by atoms with Crippen molar-refractivity contribution in [3.8, 4) is 0 Å². The zero-order chi connectivity index (χ0) is 16.2. The molecule has 1 atom stereocenters. The number of hydrogen-bond donors (Lipinski definition) is 2. The highest BCUT2D eigenvalue weighted by Gasteiger charge is 2.35. The summed E-state index contributed by atoms with van der Waals surface area (Å²) in [4.78, 5) is 29.5. The van der Waals surface area contributed by atoms with Crippen LogP contribution in [0.3, 0.4) is 0 Å². The van der Waals surface area contributed by atoms with E-state index in [-0.39, 0.29) is 24.5 Å². The predicted molar refractivity (Wildman–Crippen MR) is 78.3 cm³/mol. The van der Waals surface area contributed by atoms with Crippen molar-refractivity contribution < 1.29 is 18.8 Å². The lowest BCUT2D eigenvalue weighted by molar-refractivity contribution is -0.130. The van der Waals surface area contributed by atoms with Gasteiger partial charge in [0.05, 0.1) is 13.2 Å². The van der Waals surface area contributed by atoms with Crippen LogP contribution >= 0.6 is 0 Å². The van der Waals surface area contributed by atoms with E-state index in [9.17, 15) is 9.59 Å². The van der Waals surface area contributed by atoms with Gasteiger partial charge in [-0.3, -0.25) is 4.79 Å². The van der Waals surface area contributed by atoms with E-state index in [2.05, 4.69) is 20.8 Å². The second kappa shape index (κ2) is 6.95. The Morgan fingerprint density at radius 3 is 3.00 bits per heavy atom. The van der Waals surface area contributed by atoms with E-state index in [1.807, 2.05) is 0 Å². The number of carbonyl (C=O) groups excluding carboxylic acids is 2. The molecule has 1 saturated heterocycles. The van der Waals surface area contributed by atoms with Crippen LogP contribution in [0.1, 0.15) is 43.4 Å². The van der Waals surface area contributed by atoms with E-state index in [0.29, 0.717) is 43.8 Å². The number of aromatic nitrogens is 2. The van der Waals surface area contributed by atoms with Crippen molar-refractivity contribution in [2.75, 3.05) is 20.3 Å². The summed E-state index contributed by atoms with van der Waals surface area (Å²) in [7, 11) is 1.60. The summed E-state index contributed by atoms with van der Waals surface area (Å²) in [6.45, 7) is 1.16. The van der Waals surface area contributed by atoms with Crippen LogP contribution in [0.25, 0.3) is 0 Å². The average molecular weight is 323 g/mol. The summed E-state index contributed by atoms with van der Waals surface area (Å²) in [5.41, 5.74) is 0. The first-order valence-electron chi connectivity index (χ1n) is 7.82. The van der Waals surface area contributed by atoms with Crippen LogP contribution in [-0.4, -0.2) is 53.3 Å². The van der Waals surface area contributed by atoms with Crippen LogP contribution in [0.4, 0.5) is 4.79 Å². The van der Waals surface area contributed by atoms with Gasteiger partial charge in [-0.2, -0.15) is 4.98 Å². The standard InChI is InChI=1S/C14H21N5O4/c1-22-7-6-19-10(4-5-12(19)20)13-17-11(18-23-13)8-15-14(21)16-9-2-3-9/h9-10H,2-8H2,1H3,(H2,15,16,21)/t10-/m0/s1. The fourth-order valence-corrected chi connectivity index (χ4v) is 2.56. The number of hydrogen-bond acceptors (Lipinski definition) is 6. The third-order valence-electron chi connectivity index (χ3n) is 3.95. The lowest BCUT2D eigenvalue weighted by Gasteiger charge is -2.21. The summed E-state index contributed by atoms with van der Waals surface area (Å²) in [5, 5.41) is 9.38. The van der Waals surface area contributed by atoms with E-state index in [1.54, 1.807) is 12.0 Å². The molecule has 0 spiro atoms. The number of nitrogens with one attached hydrogen (secondary N) is 2. The molecule has 0 unspecified atom stereocenters. The first-order chi connectivity index (χ1) is 11.2. The third kappa shape index (κ3) is 3.98. The van der Waals surface area contributed by atoms with Gasteiger partial charge < -0.3 is 24.8 Å². The summed E-state index contributed by atoms with van der Waals surface area (Å²) < 4.78 is 10.3. The van der Waals surface area contributed by atoms with E-state index in [1.165, 1.54) is 0 Å². The van der Waals surface area contributed by atoms with Crippen LogP contribution in [-0.2, 0) is 16.1 Å². The topological polar surface area (TPSA) is 110 Å². The maximum absolute atomic E-state index is 11.9. The molecule has 1 saturated carbocycles. The van der Waals surface area contributed by atoms with Gasteiger partial charge >= 0.3 is 6.03 Å². The smallest absolute Gasteiger partial charge is 0.315 e. The Morgan fingerprint density at radius 2 is 2.26 bits per heavy atom. The van der Waals surface area contributed by atoms with Crippen molar-refractivity contribution in [1.29, 1.82) is 0 Å². The van der Waals surface area contributed by atoms with Gasteiger partial charge in [-0.15, -0.1) is 0 Å². The molecule has 9 heteroatoms. The molecule has 23 heavy (non-hydrogen) atoms. The molecule has 9 nitrogen and oxygen atoms in total. The molecule has 1 aromatic rings. The minimum Gasteiger partial charge on any atom is -0.383 e. The lowest BCUT2D eigenvalue weighted by atomic mass is 10.2. The number of carbonyl (C=O) groups is 2. The van der Waals surface area contributed by atoms with Crippen molar-refractivity contribution in [3.05, 3.63) is 11.7 Å². The Hall–Kier alpha value is -2.16.